The lowest BCUT2D eigenvalue weighted by Crippen LogP contribution is -2.37. The number of carbonyl (C=O) groups is 1. The number of hydrogen-bond donors (Lipinski definition) is 1. The zero-order valence-corrected chi connectivity index (χ0v) is 15.6. The van der Waals surface area contributed by atoms with Crippen molar-refractivity contribution in [1.82, 2.24) is 5.32 Å². The van der Waals surface area contributed by atoms with Crippen molar-refractivity contribution >= 4 is 17.7 Å². The van der Waals surface area contributed by atoms with Crippen LogP contribution in [0.4, 0.5) is 26.7 Å². The first-order chi connectivity index (χ1) is 13.5. The summed E-state index contributed by atoms with van der Waals surface area (Å²) >= 11 is 6.03. The molecule has 0 spiro atoms. The van der Waals surface area contributed by atoms with Gasteiger partial charge in [-0.1, -0.05) is 11.6 Å². The summed E-state index contributed by atoms with van der Waals surface area (Å²) in [5.41, 5.74) is 0. The largest absolute Gasteiger partial charge is 0.490 e. The smallest absolute Gasteiger partial charge is 0.425 e. The molecule has 0 heterocycles. The third kappa shape index (κ3) is 7.30. The predicted octanol–water partition coefficient (Wildman–Crippen LogP) is 5.47. The van der Waals surface area contributed by atoms with Crippen molar-refractivity contribution < 1.29 is 41.0 Å². The molecule has 1 unspecified atom stereocenters. The van der Waals surface area contributed by atoms with E-state index in [1.165, 1.54) is 18.2 Å². The van der Waals surface area contributed by atoms with Crippen LogP contribution in [0.25, 0.3) is 0 Å². The summed E-state index contributed by atoms with van der Waals surface area (Å²) in [5.74, 6) is -1.29. The van der Waals surface area contributed by atoms with Crippen molar-refractivity contribution in [2.75, 3.05) is 13.2 Å². The fourth-order valence-electron chi connectivity index (χ4n) is 1.97. The molecule has 0 saturated heterocycles. The topological polar surface area (TPSA) is 56.8 Å². The number of nitrogens with one attached hydrogen (secondary N) is 1. The Bertz CT molecular complexity index is 842. The summed E-state index contributed by atoms with van der Waals surface area (Å²) in [4.78, 5) is 11.3. The van der Waals surface area contributed by atoms with Gasteiger partial charge in [0, 0.05) is 24.3 Å². The summed E-state index contributed by atoms with van der Waals surface area (Å²) in [7, 11) is 0. The van der Waals surface area contributed by atoms with E-state index < -0.39 is 30.0 Å². The summed E-state index contributed by atoms with van der Waals surface area (Å²) in [6, 6.07) is 6.86. The van der Waals surface area contributed by atoms with Crippen LogP contribution < -0.4 is 14.8 Å². The van der Waals surface area contributed by atoms with Crippen LogP contribution in [0.5, 0.6) is 17.2 Å². The van der Waals surface area contributed by atoms with Crippen LogP contribution in [-0.4, -0.2) is 31.5 Å². The number of alkyl halides is 3. The number of halogens is 6. The van der Waals surface area contributed by atoms with Crippen molar-refractivity contribution in [3.05, 3.63) is 53.1 Å². The fraction of sp³-hybridized carbons (Fsp3) is 0.278. The second-order valence-corrected chi connectivity index (χ2v) is 6.07. The molecule has 1 N–H and O–H groups in total. The molecule has 0 fully saturated rings. The van der Waals surface area contributed by atoms with Crippen LogP contribution in [0, 0.1) is 11.6 Å². The molecule has 0 aliphatic heterocycles. The standard InChI is InChI=1S/C18H15ClF5NO4/c1-10(18(22,23)24)28-17(26)25-4-5-27-16-3-2-13(9-15(16)19)29-14-7-11(20)6-12(21)8-14/h2-3,6-10H,4-5H2,1H3,(H,25,26). The third-order valence-electron chi connectivity index (χ3n) is 3.35. The average molecular weight is 440 g/mol. The number of alkyl carbamates (subject to hydrolysis) is 1. The molecule has 158 valence electrons. The van der Waals surface area contributed by atoms with E-state index in [1.807, 2.05) is 0 Å². The molecule has 0 bridgehead atoms. The van der Waals surface area contributed by atoms with Gasteiger partial charge in [-0.2, -0.15) is 13.2 Å². The van der Waals surface area contributed by atoms with Crippen molar-refractivity contribution in [1.29, 1.82) is 0 Å². The van der Waals surface area contributed by atoms with Gasteiger partial charge in [0.15, 0.2) is 6.10 Å². The van der Waals surface area contributed by atoms with Gasteiger partial charge in [-0.25, -0.2) is 13.6 Å². The van der Waals surface area contributed by atoms with Gasteiger partial charge in [-0.3, -0.25) is 0 Å². The van der Waals surface area contributed by atoms with Crippen LogP contribution in [0.2, 0.25) is 5.02 Å². The molecule has 1 atom stereocenters. The summed E-state index contributed by atoms with van der Waals surface area (Å²) < 4.78 is 78.0. The molecule has 2 aromatic carbocycles. The molecule has 2 aromatic rings. The Morgan fingerprint density at radius 3 is 2.34 bits per heavy atom. The highest BCUT2D eigenvalue weighted by Crippen LogP contribution is 2.31. The molecule has 0 aliphatic rings. The monoisotopic (exact) mass is 439 g/mol. The fourth-order valence-corrected chi connectivity index (χ4v) is 2.19. The first kappa shape index (κ1) is 22.5. The molecular formula is C18H15ClF5NO4. The highest BCUT2D eigenvalue weighted by atomic mass is 35.5. The van der Waals surface area contributed by atoms with Crippen LogP contribution in [0.15, 0.2) is 36.4 Å². The molecule has 0 radical (unpaired) electrons. The van der Waals surface area contributed by atoms with E-state index in [2.05, 4.69) is 10.1 Å². The minimum absolute atomic E-state index is 0.0666. The maximum absolute atomic E-state index is 13.2. The molecule has 11 heteroatoms. The van der Waals surface area contributed by atoms with Gasteiger partial charge < -0.3 is 19.5 Å². The predicted molar refractivity (Wildman–Crippen MR) is 93.4 cm³/mol. The number of carbonyl (C=O) groups excluding carboxylic acids is 1. The molecule has 5 nitrogen and oxygen atoms in total. The first-order valence-corrected chi connectivity index (χ1v) is 8.50. The number of hydrogen-bond acceptors (Lipinski definition) is 4. The molecule has 0 saturated carbocycles. The lowest BCUT2D eigenvalue weighted by atomic mass is 10.3. The van der Waals surface area contributed by atoms with Crippen molar-refractivity contribution in [3.8, 4) is 17.2 Å². The van der Waals surface area contributed by atoms with Gasteiger partial charge in [-0.05, 0) is 19.1 Å². The number of ether oxygens (including phenoxy) is 3. The maximum atomic E-state index is 13.2. The number of benzene rings is 2. The Morgan fingerprint density at radius 1 is 1.10 bits per heavy atom. The van der Waals surface area contributed by atoms with E-state index in [4.69, 9.17) is 21.1 Å². The summed E-state index contributed by atoms with van der Waals surface area (Å²) in [5, 5.41) is 2.21. The second kappa shape index (κ2) is 9.64. The highest BCUT2D eigenvalue weighted by Gasteiger charge is 2.39. The van der Waals surface area contributed by atoms with Crippen molar-refractivity contribution in [2.24, 2.45) is 0 Å². The van der Waals surface area contributed by atoms with E-state index in [0.29, 0.717) is 13.0 Å². The Hall–Kier alpha value is -2.75. The zero-order valence-electron chi connectivity index (χ0n) is 14.9. The van der Waals surface area contributed by atoms with Crippen molar-refractivity contribution in [3.63, 3.8) is 0 Å². The number of rotatable bonds is 7. The van der Waals surface area contributed by atoms with E-state index in [-0.39, 0.29) is 35.4 Å². The van der Waals surface area contributed by atoms with Gasteiger partial charge in [-0.15, -0.1) is 0 Å². The minimum atomic E-state index is -4.65. The molecule has 1 amide bonds. The quantitative estimate of drug-likeness (QED) is 0.459. The molecule has 0 aromatic heterocycles. The van der Waals surface area contributed by atoms with Crippen molar-refractivity contribution in [2.45, 2.75) is 19.2 Å². The summed E-state index contributed by atoms with van der Waals surface area (Å²) in [6.07, 6.45) is -8.13. The Labute approximate surface area is 167 Å². The van der Waals surface area contributed by atoms with Crippen LogP contribution >= 0.6 is 11.6 Å². The third-order valence-corrected chi connectivity index (χ3v) is 3.64. The van der Waals surface area contributed by atoms with E-state index in [9.17, 15) is 26.7 Å². The van der Waals surface area contributed by atoms with Gasteiger partial charge in [0.25, 0.3) is 0 Å². The normalized spacial score (nSPS) is 12.2. The lowest BCUT2D eigenvalue weighted by Gasteiger charge is -2.16. The second-order valence-electron chi connectivity index (χ2n) is 5.66. The SMILES string of the molecule is CC(OC(=O)NCCOc1ccc(Oc2cc(F)cc(F)c2)cc1Cl)C(F)(F)F. The molecule has 29 heavy (non-hydrogen) atoms. The van der Waals surface area contributed by atoms with E-state index in [0.717, 1.165) is 12.1 Å². The minimum Gasteiger partial charge on any atom is -0.490 e. The van der Waals surface area contributed by atoms with E-state index in [1.54, 1.807) is 0 Å². The van der Waals surface area contributed by atoms with Crippen LogP contribution in [0.1, 0.15) is 6.92 Å². The average Bonchev–Trinajstić information content (AvgIpc) is 2.58. The maximum Gasteiger partial charge on any atom is 0.425 e. The summed E-state index contributed by atoms with van der Waals surface area (Å²) in [6.45, 7) is 0.461. The number of amides is 1. The van der Waals surface area contributed by atoms with Gasteiger partial charge in [0.2, 0.25) is 0 Å². The van der Waals surface area contributed by atoms with E-state index >= 15 is 0 Å². The molecular weight excluding hydrogens is 425 g/mol. The van der Waals surface area contributed by atoms with Crippen LogP contribution in [-0.2, 0) is 4.74 Å². The Kier molecular flexibility index (Phi) is 7.49. The first-order valence-electron chi connectivity index (χ1n) is 8.12. The van der Waals surface area contributed by atoms with Gasteiger partial charge >= 0.3 is 12.3 Å². The Morgan fingerprint density at radius 2 is 1.76 bits per heavy atom. The van der Waals surface area contributed by atoms with Gasteiger partial charge in [0.05, 0.1) is 11.6 Å². The highest BCUT2D eigenvalue weighted by molar-refractivity contribution is 6.32. The zero-order chi connectivity index (χ0) is 21.6. The van der Waals surface area contributed by atoms with Crippen LogP contribution in [0.3, 0.4) is 0 Å². The molecule has 0 aliphatic carbocycles. The van der Waals surface area contributed by atoms with Gasteiger partial charge in [0.1, 0.15) is 35.5 Å². The lowest BCUT2D eigenvalue weighted by molar-refractivity contribution is -0.197. The molecule has 2 rings (SSSR count). The Balaban J connectivity index is 1.82.